The van der Waals surface area contributed by atoms with Crippen LogP contribution >= 0.6 is 0 Å². The summed E-state index contributed by atoms with van der Waals surface area (Å²) in [5.74, 6) is 0. The molecule has 2 aromatic rings. The first-order valence-electron chi connectivity index (χ1n) is 9.78. The summed E-state index contributed by atoms with van der Waals surface area (Å²) in [6.07, 6.45) is 2.31. The van der Waals surface area contributed by atoms with Gasteiger partial charge in [0.1, 0.15) is 0 Å². The van der Waals surface area contributed by atoms with Gasteiger partial charge in [0, 0.05) is 51.0 Å². The van der Waals surface area contributed by atoms with Crippen LogP contribution in [0.25, 0.3) is 0 Å². The van der Waals surface area contributed by atoms with E-state index in [9.17, 15) is 15.2 Å². The van der Waals surface area contributed by atoms with Gasteiger partial charge in [-0.1, -0.05) is 12.1 Å². The van der Waals surface area contributed by atoms with Gasteiger partial charge in [-0.3, -0.25) is 10.1 Å². The number of hydrogen-bond donors (Lipinski definition) is 1. The first-order chi connectivity index (χ1) is 13.9. The Labute approximate surface area is 170 Å². The van der Waals surface area contributed by atoms with Gasteiger partial charge in [-0.25, -0.2) is 0 Å². The summed E-state index contributed by atoms with van der Waals surface area (Å²) < 4.78 is 0. The molecular formula is C22H26N4O3. The van der Waals surface area contributed by atoms with Gasteiger partial charge in [0.15, 0.2) is 0 Å². The maximum absolute atomic E-state index is 11.0. The molecule has 0 saturated carbocycles. The van der Waals surface area contributed by atoms with Gasteiger partial charge < -0.3 is 14.9 Å². The topological polar surface area (TPSA) is 93.6 Å². The third kappa shape index (κ3) is 5.53. The number of hydrogen-bond acceptors (Lipinski definition) is 6. The minimum absolute atomic E-state index is 0.0661. The van der Waals surface area contributed by atoms with Crippen LogP contribution in [-0.4, -0.2) is 53.8 Å². The van der Waals surface area contributed by atoms with Crippen LogP contribution in [0.2, 0.25) is 0 Å². The summed E-state index contributed by atoms with van der Waals surface area (Å²) in [6, 6.07) is 16.2. The maximum atomic E-state index is 11.0. The zero-order valence-corrected chi connectivity index (χ0v) is 16.6. The quantitative estimate of drug-likeness (QED) is 0.573. The molecule has 0 unspecified atom stereocenters. The Morgan fingerprint density at radius 3 is 2.34 bits per heavy atom. The van der Waals surface area contributed by atoms with Crippen molar-refractivity contribution in [2.24, 2.45) is 0 Å². The predicted molar refractivity (Wildman–Crippen MR) is 112 cm³/mol. The lowest BCUT2D eigenvalue weighted by molar-refractivity contribution is -0.384. The first kappa shape index (κ1) is 20.8. The molecule has 1 aliphatic heterocycles. The molecule has 0 aromatic heterocycles. The summed E-state index contributed by atoms with van der Waals surface area (Å²) >= 11 is 0. The highest BCUT2D eigenvalue weighted by atomic mass is 16.6. The highest BCUT2D eigenvalue weighted by molar-refractivity contribution is 5.50. The molecule has 3 rings (SSSR count). The first-order valence-corrected chi connectivity index (χ1v) is 9.78. The van der Waals surface area contributed by atoms with E-state index in [1.807, 2.05) is 36.2 Å². The molecular weight excluding hydrogens is 368 g/mol. The third-order valence-electron chi connectivity index (χ3n) is 5.62. The lowest BCUT2D eigenvalue weighted by Gasteiger charge is -2.40. The fourth-order valence-electron chi connectivity index (χ4n) is 3.75. The average molecular weight is 394 g/mol. The summed E-state index contributed by atoms with van der Waals surface area (Å²) in [6.45, 7) is 3.09. The Kier molecular flexibility index (Phi) is 6.47. The number of likely N-dealkylation sites (N-methyl/N-ethyl adjacent to an activating group) is 1. The number of likely N-dealkylation sites (tertiary alicyclic amines) is 1. The van der Waals surface area contributed by atoms with Crippen LogP contribution in [-0.2, 0) is 6.42 Å². The van der Waals surface area contributed by atoms with E-state index in [0.29, 0.717) is 24.9 Å². The Hall–Kier alpha value is -2.95. The summed E-state index contributed by atoms with van der Waals surface area (Å²) in [4.78, 5) is 14.7. The SMILES string of the molecule is CN(CC1(O)CCN(CCc2ccc(C#N)cc2)CC1)c1ccc([N+](=O)[O-])cc1. The van der Waals surface area contributed by atoms with Gasteiger partial charge in [-0.15, -0.1) is 0 Å². The average Bonchev–Trinajstić information content (AvgIpc) is 2.73. The van der Waals surface area contributed by atoms with E-state index in [1.165, 1.54) is 17.7 Å². The van der Waals surface area contributed by atoms with Crippen molar-refractivity contribution in [2.75, 3.05) is 38.1 Å². The fourth-order valence-corrected chi connectivity index (χ4v) is 3.75. The van der Waals surface area contributed by atoms with Crippen LogP contribution in [0.5, 0.6) is 0 Å². The molecule has 0 spiro atoms. The van der Waals surface area contributed by atoms with Gasteiger partial charge in [0.2, 0.25) is 0 Å². The van der Waals surface area contributed by atoms with Gasteiger partial charge in [0.25, 0.3) is 5.69 Å². The van der Waals surface area contributed by atoms with Crippen molar-refractivity contribution in [1.29, 1.82) is 5.26 Å². The predicted octanol–water partition coefficient (Wildman–Crippen LogP) is 2.97. The summed E-state index contributed by atoms with van der Waals surface area (Å²) in [5.41, 5.74) is 2.04. The van der Waals surface area contributed by atoms with E-state index in [1.54, 1.807) is 12.1 Å². The van der Waals surface area contributed by atoms with Crippen LogP contribution in [0.4, 0.5) is 11.4 Å². The van der Waals surface area contributed by atoms with E-state index < -0.39 is 10.5 Å². The Balaban J connectivity index is 1.48. The molecule has 1 N–H and O–H groups in total. The van der Waals surface area contributed by atoms with E-state index in [0.717, 1.165) is 31.7 Å². The van der Waals surface area contributed by atoms with Gasteiger partial charge in [0.05, 0.1) is 22.2 Å². The molecule has 152 valence electrons. The number of nitro benzene ring substituents is 1. The van der Waals surface area contributed by atoms with Gasteiger partial charge in [-0.05, 0) is 49.1 Å². The second-order valence-electron chi connectivity index (χ2n) is 7.75. The molecule has 0 amide bonds. The fraction of sp³-hybridized carbons (Fsp3) is 0.409. The van der Waals surface area contributed by atoms with Crippen molar-refractivity contribution in [3.8, 4) is 6.07 Å². The normalized spacial score (nSPS) is 16.2. The van der Waals surface area contributed by atoms with Crippen LogP contribution in [0.15, 0.2) is 48.5 Å². The second-order valence-corrected chi connectivity index (χ2v) is 7.75. The lowest BCUT2D eigenvalue weighted by atomic mass is 9.90. The third-order valence-corrected chi connectivity index (χ3v) is 5.62. The summed E-state index contributed by atoms with van der Waals surface area (Å²) in [7, 11) is 1.90. The Morgan fingerprint density at radius 2 is 1.79 bits per heavy atom. The number of nitro groups is 1. The van der Waals surface area contributed by atoms with Crippen LogP contribution in [0.3, 0.4) is 0 Å². The molecule has 7 nitrogen and oxygen atoms in total. The number of non-ortho nitro benzene ring substituents is 1. The van der Waals surface area contributed by atoms with E-state index in [2.05, 4.69) is 11.0 Å². The number of piperidine rings is 1. The van der Waals surface area contributed by atoms with Crippen molar-refractivity contribution in [1.82, 2.24) is 4.90 Å². The smallest absolute Gasteiger partial charge is 0.269 e. The Morgan fingerprint density at radius 1 is 1.17 bits per heavy atom. The van der Waals surface area contributed by atoms with E-state index >= 15 is 0 Å². The molecule has 1 aliphatic rings. The van der Waals surface area contributed by atoms with Gasteiger partial charge in [-0.2, -0.15) is 5.26 Å². The number of nitriles is 1. The zero-order valence-electron chi connectivity index (χ0n) is 16.6. The van der Waals surface area contributed by atoms with Gasteiger partial charge >= 0.3 is 0 Å². The molecule has 1 saturated heterocycles. The molecule has 0 bridgehead atoms. The molecule has 1 fully saturated rings. The van der Waals surface area contributed by atoms with Crippen molar-refractivity contribution in [2.45, 2.75) is 24.9 Å². The largest absolute Gasteiger partial charge is 0.388 e. The number of aliphatic hydroxyl groups is 1. The molecule has 7 heteroatoms. The number of nitrogens with zero attached hydrogens (tertiary/aromatic N) is 4. The standard InChI is InChI=1S/C22H26N4O3/c1-24(20-6-8-21(9-7-20)26(28)29)17-22(27)11-14-25(15-12-22)13-10-18-2-4-19(16-23)5-3-18/h2-9,27H,10-15,17H2,1H3. The molecule has 0 radical (unpaired) electrons. The minimum Gasteiger partial charge on any atom is -0.388 e. The lowest BCUT2D eigenvalue weighted by Crippen LogP contribution is -2.50. The zero-order chi connectivity index (χ0) is 20.9. The highest BCUT2D eigenvalue weighted by Gasteiger charge is 2.33. The highest BCUT2D eigenvalue weighted by Crippen LogP contribution is 2.26. The maximum Gasteiger partial charge on any atom is 0.269 e. The van der Waals surface area contributed by atoms with Crippen LogP contribution in [0.1, 0.15) is 24.0 Å². The molecule has 2 aromatic carbocycles. The monoisotopic (exact) mass is 394 g/mol. The molecule has 0 atom stereocenters. The van der Waals surface area contributed by atoms with Crippen LogP contribution < -0.4 is 4.90 Å². The van der Waals surface area contributed by atoms with E-state index in [4.69, 9.17) is 5.26 Å². The van der Waals surface area contributed by atoms with Crippen molar-refractivity contribution < 1.29 is 10.0 Å². The molecule has 1 heterocycles. The Bertz CT molecular complexity index is 866. The second kappa shape index (κ2) is 9.03. The van der Waals surface area contributed by atoms with Crippen molar-refractivity contribution >= 4 is 11.4 Å². The molecule has 29 heavy (non-hydrogen) atoms. The number of benzene rings is 2. The van der Waals surface area contributed by atoms with Crippen molar-refractivity contribution in [3.05, 3.63) is 69.8 Å². The number of anilines is 1. The van der Waals surface area contributed by atoms with Crippen molar-refractivity contribution in [3.63, 3.8) is 0 Å². The van der Waals surface area contributed by atoms with E-state index in [-0.39, 0.29) is 5.69 Å². The summed E-state index contributed by atoms with van der Waals surface area (Å²) in [5, 5.41) is 30.7. The molecule has 0 aliphatic carbocycles. The van der Waals surface area contributed by atoms with Crippen LogP contribution in [0, 0.1) is 21.4 Å². The number of rotatable bonds is 7. The minimum atomic E-state index is -0.762.